The first-order chi connectivity index (χ1) is 11.5. The number of benzene rings is 1. The van der Waals surface area contributed by atoms with Crippen LogP contribution in [0.5, 0.6) is 0 Å². The van der Waals surface area contributed by atoms with Crippen molar-refractivity contribution in [2.75, 3.05) is 13.1 Å². The van der Waals surface area contributed by atoms with E-state index in [9.17, 15) is 9.59 Å². The van der Waals surface area contributed by atoms with E-state index < -0.39 is 5.97 Å². The first kappa shape index (κ1) is 16.2. The molecule has 1 aromatic carbocycles. The molecule has 1 N–H and O–H groups in total. The maximum Gasteiger partial charge on any atom is 0.306 e. The summed E-state index contributed by atoms with van der Waals surface area (Å²) in [5.74, 6) is -1.26. The fourth-order valence-corrected chi connectivity index (χ4v) is 3.09. The topological polar surface area (TPSA) is 88.3 Å². The van der Waals surface area contributed by atoms with Gasteiger partial charge in [0.25, 0.3) is 0 Å². The van der Waals surface area contributed by atoms with Gasteiger partial charge in [-0.2, -0.15) is 0 Å². The number of nitrogens with zero attached hydrogens (tertiary/aromatic N) is 4. The zero-order chi connectivity index (χ0) is 17.1. The Balaban J connectivity index is 1.62. The molecule has 1 aromatic heterocycles. The van der Waals surface area contributed by atoms with Gasteiger partial charge >= 0.3 is 5.97 Å². The summed E-state index contributed by atoms with van der Waals surface area (Å²) in [6.45, 7) is 2.93. The summed E-state index contributed by atoms with van der Waals surface area (Å²) in [6.07, 6.45) is 2.25. The lowest BCUT2D eigenvalue weighted by Gasteiger charge is -2.34. The fraction of sp³-hybridized carbons (Fsp3) is 0.412. The van der Waals surface area contributed by atoms with Crippen molar-refractivity contribution in [1.29, 1.82) is 0 Å². The van der Waals surface area contributed by atoms with Gasteiger partial charge in [-0.1, -0.05) is 42.5 Å². The Morgan fingerprint density at radius 3 is 2.71 bits per heavy atom. The first-order valence-electron chi connectivity index (χ1n) is 8.00. The number of aliphatic carboxylic acids is 1. The van der Waals surface area contributed by atoms with Crippen LogP contribution in [0.15, 0.2) is 36.5 Å². The van der Waals surface area contributed by atoms with Crippen LogP contribution in [-0.4, -0.2) is 50.0 Å². The Morgan fingerprint density at radius 2 is 2.04 bits per heavy atom. The number of hydrogen-bond donors (Lipinski definition) is 1. The van der Waals surface area contributed by atoms with Gasteiger partial charge in [0.1, 0.15) is 12.2 Å². The molecular formula is C17H20N4O3. The summed E-state index contributed by atoms with van der Waals surface area (Å²) in [7, 11) is 0. The first-order valence-corrected chi connectivity index (χ1v) is 8.00. The molecule has 7 heteroatoms. The third kappa shape index (κ3) is 3.45. The number of carboxylic acids is 1. The number of carboxylic acid groups (broad SMARTS) is 1. The molecule has 24 heavy (non-hydrogen) atoms. The normalized spacial score (nSPS) is 20.8. The molecule has 1 aliphatic heterocycles. The quantitative estimate of drug-likeness (QED) is 0.919. The van der Waals surface area contributed by atoms with Crippen molar-refractivity contribution in [2.45, 2.75) is 19.9 Å². The average Bonchev–Trinajstić information content (AvgIpc) is 3.03. The van der Waals surface area contributed by atoms with E-state index in [1.807, 2.05) is 37.3 Å². The smallest absolute Gasteiger partial charge is 0.306 e. The van der Waals surface area contributed by atoms with Crippen molar-refractivity contribution >= 4 is 11.9 Å². The van der Waals surface area contributed by atoms with E-state index >= 15 is 0 Å². The van der Waals surface area contributed by atoms with Crippen LogP contribution in [0.25, 0.3) is 11.3 Å². The number of aromatic nitrogens is 3. The zero-order valence-electron chi connectivity index (χ0n) is 13.5. The minimum atomic E-state index is -0.779. The van der Waals surface area contributed by atoms with Crippen molar-refractivity contribution in [3.05, 3.63) is 36.5 Å². The molecule has 7 nitrogen and oxygen atoms in total. The molecule has 2 unspecified atom stereocenters. The number of amides is 1. The van der Waals surface area contributed by atoms with Gasteiger partial charge in [-0.15, -0.1) is 5.10 Å². The molecule has 1 aliphatic rings. The van der Waals surface area contributed by atoms with Crippen LogP contribution >= 0.6 is 0 Å². The Bertz CT molecular complexity index is 728. The summed E-state index contributed by atoms with van der Waals surface area (Å²) < 4.78 is 1.53. The van der Waals surface area contributed by atoms with Crippen LogP contribution in [0.4, 0.5) is 0 Å². The molecule has 0 spiro atoms. The van der Waals surface area contributed by atoms with E-state index in [1.54, 1.807) is 11.1 Å². The van der Waals surface area contributed by atoms with Crippen molar-refractivity contribution in [1.82, 2.24) is 19.9 Å². The van der Waals surface area contributed by atoms with Gasteiger partial charge < -0.3 is 10.0 Å². The summed E-state index contributed by atoms with van der Waals surface area (Å²) >= 11 is 0. The summed E-state index contributed by atoms with van der Waals surface area (Å²) in [4.78, 5) is 25.3. The van der Waals surface area contributed by atoms with Crippen molar-refractivity contribution in [2.24, 2.45) is 11.8 Å². The molecular weight excluding hydrogens is 308 g/mol. The number of hydrogen-bond acceptors (Lipinski definition) is 4. The molecule has 2 atom stereocenters. The fourth-order valence-electron chi connectivity index (χ4n) is 3.09. The molecule has 0 radical (unpaired) electrons. The Hall–Kier alpha value is -2.70. The highest BCUT2D eigenvalue weighted by Crippen LogP contribution is 2.23. The number of carbonyl (C=O) groups is 2. The van der Waals surface area contributed by atoms with Gasteiger partial charge in [0.05, 0.1) is 12.1 Å². The molecule has 0 bridgehead atoms. The predicted octanol–water partition coefficient (Wildman–Crippen LogP) is 1.51. The van der Waals surface area contributed by atoms with E-state index in [4.69, 9.17) is 5.11 Å². The lowest BCUT2D eigenvalue weighted by atomic mass is 9.87. The van der Waals surface area contributed by atoms with Crippen molar-refractivity contribution in [3.63, 3.8) is 0 Å². The van der Waals surface area contributed by atoms with Crippen LogP contribution in [-0.2, 0) is 16.1 Å². The van der Waals surface area contributed by atoms with E-state index in [-0.39, 0.29) is 24.3 Å². The minimum Gasteiger partial charge on any atom is -0.481 e. The second-order valence-electron chi connectivity index (χ2n) is 6.22. The molecule has 2 heterocycles. The molecule has 0 saturated carbocycles. The van der Waals surface area contributed by atoms with Crippen LogP contribution in [0.3, 0.4) is 0 Å². The van der Waals surface area contributed by atoms with Gasteiger partial charge in [0.15, 0.2) is 0 Å². The highest BCUT2D eigenvalue weighted by Gasteiger charge is 2.32. The maximum atomic E-state index is 12.4. The SMILES string of the molecule is CC1CN(C(=O)Cn2cc(-c3ccccc3)nn2)CCC1C(=O)O. The molecule has 126 valence electrons. The molecule has 1 saturated heterocycles. The van der Waals surface area contributed by atoms with Crippen LogP contribution in [0.1, 0.15) is 13.3 Å². The summed E-state index contributed by atoms with van der Waals surface area (Å²) in [5.41, 5.74) is 1.67. The lowest BCUT2D eigenvalue weighted by molar-refractivity contribution is -0.148. The number of carbonyl (C=O) groups excluding carboxylic acids is 1. The van der Waals surface area contributed by atoms with Crippen LogP contribution in [0.2, 0.25) is 0 Å². The second-order valence-corrected chi connectivity index (χ2v) is 6.22. The Morgan fingerprint density at radius 1 is 1.29 bits per heavy atom. The number of piperidine rings is 1. The van der Waals surface area contributed by atoms with Crippen molar-refractivity contribution < 1.29 is 14.7 Å². The van der Waals surface area contributed by atoms with Crippen LogP contribution < -0.4 is 0 Å². The predicted molar refractivity (Wildman–Crippen MR) is 86.9 cm³/mol. The van der Waals surface area contributed by atoms with Gasteiger partial charge in [-0.25, -0.2) is 4.68 Å². The molecule has 1 fully saturated rings. The molecule has 1 amide bonds. The largest absolute Gasteiger partial charge is 0.481 e. The lowest BCUT2D eigenvalue weighted by Crippen LogP contribution is -2.46. The van der Waals surface area contributed by atoms with E-state index in [2.05, 4.69) is 10.3 Å². The van der Waals surface area contributed by atoms with Gasteiger partial charge in [0.2, 0.25) is 5.91 Å². The van der Waals surface area contributed by atoms with Gasteiger partial charge in [-0.3, -0.25) is 9.59 Å². The van der Waals surface area contributed by atoms with Crippen molar-refractivity contribution in [3.8, 4) is 11.3 Å². The number of rotatable bonds is 4. The summed E-state index contributed by atoms with van der Waals surface area (Å²) in [5, 5.41) is 17.3. The van der Waals surface area contributed by atoms with Crippen LogP contribution in [0, 0.1) is 11.8 Å². The highest BCUT2D eigenvalue weighted by atomic mass is 16.4. The third-order valence-corrected chi connectivity index (χ3v) is 4.48. The minimum absolute atomic E-state index is 0.0455. The Labute approximate surface area is 139 Å². The molecule has 3 rings (SSSR count). The van der Waals surface area contributed by atoms with Gasteiger partial charge in [-0.05, 0) is 12.3 Å². The monoisotopic (exact) mass is 328 g/mol. The zero-order valence-corrected chi connectivity index (χ0v) is 13.5. The van der Waals surface area contributed by atoms with E-state index in [0.29, 0.717) is 19.5 Å². The summed E-state index contributed by atoms with van der Waals surface area (Å²) in [6, 6.07) is 9.66. The van der Waals surface area contributed by atoms with Gasteiger partial charge in [0, 0.05) is 18.7 Å². The standard InChI is InChI=1S/C17H20N4O3/c1-12-9-20(8-7-14(12)17(23)24)16(22)11-21-10-15(18-19-21)13-5-3-2-4-6-13/h2-6,10,12,14H,7-9,11H2,1H3,(H,23,24). The van der Waals surface area contributed by atoms with E-state index in [1.165, 1.54) is 4.68 Å². The Kier molecular flexibility index (Phi) is 4.59. The number of likely N-dealkylation sites (tertiary alicyclic amines) is 1. The van der Waals surface area contributed by atoms with E-state index in [0.717, 1.165) is 11.3 Å². The highest BCUT2D eigenvalue weighted by molar-refractivity contribution is 5.77. The third-order valence-electron chi connectivity index (χ3n) is 4.48. The molecule has 2 aromatic rings. The molecule has 0 aliphatic carbocycles. The average molecular weight is 328 g/mol. The second kappa shape index (κ2) is 6.82. The maximum absolute atomic E-state index is 12.4.